The maximum absolute atomic E-state index is 6.11. The van der Waals surface area contributed by atoms with Crippen molar-refractivity contribution in [2.45, 2.75) is 11.8 Å². The number of hydrogen-bond acceptors (Lipinski definition) is 1. The predicted octanol–water partition coefficient (Wildman–Crippen LogP) is 4.35. The summed E-state index contributed by atoms with van der Waals surface area (Å²) in [4.78, 5) is 0. The monoisotopic (exact) mass is 278 g/mol. The fraction of sp³-hybridized carbons (Fsp3) is 0.333. The number of alkyl halides is 1. The molecule has 1 aromatic rings. The zero-order valence-electron chi connectivity index (χ0n) is 8.76. The van der Waals surface area contributed by atoms with Gasteiger partial charge in [0, 0.05) is 10.0 Å². The third-order valence-electron chi connectivity index (χ3n) is 1.98. The summed E-state index contributed by atoms with van der Waals surface area (Å²) in [6, 6.07) is 5.35. The Morgan fingerprint density at radius 1 is 1.38 bits per heavy atom. The van der Waals surface area contributed by atoms with E-state index in [9.17, 15) is 0 Å². The molecule has 0 N–H and O–H groups in total. The molecule has 0 aliphatic carbocycles. The van der Waals surface area contributed by atoms with Crippen molar-refractivity contribution in [2.75, 3.05) is 13.2 Å². The van der Waals surface area contributed by atoms with Gasteiger partial charge in [0.1, 0.15) is 0 Å². The van der Waals surface area contributed by atoms with Crippen LogP contribution in [0.25, 0.3) is 0 Å². The molecule has 0 fully saturated rings. The summed E-state index contributed by atoms with van der Waals surface area (Å²) < 4.78 is 5.26. The van der Waals surface area contributed by atoms with Gasteiger partial charge in [-0.05, 0) is 30.2 Å². The molecule has 0 amide bonds. The van der Waals surface area contributed by atoms with Crippen LogP contribution < -0.4 is 0 Å². The van der Waals surface area contributed by atoms with Crippen molar-refractivity contribution in [3.63, 3.8) is 0 Å². The quantitative estimate of drug-likeness (QED) is 0.427. The van der Waals surface area contributed by atoms with Crippen molar-refractivity contribution < 1.29 is 4.74 Å². The van der Waals surface area contributed by atoms with Crippen LogP contribution in [0.5, 0.6) is 0 Å². The van der Waals surface area contributed by atoms with E-state index in [-0.39, 0.29) is 5.38 Å². The predicted molar refractivity (Wildman–Crippen MR) is 70.8 cm³/mol. The molecule has 0 saturated carbocycles. The zero-order valence-corrected chi connectivity index (χ0v) is 11.0. The topological polar surface area (TPSA) is 9.23 Å². The fourth-order valence-corrected chi connectivity index (χ4v) is 1.92. The van der Waals surface area contributed by atoms with Gasteiger partial charge < -0.3 is 4.74 Å². The molecule has 0 aromatic heterocycles. The lowest BCUT2D eigenvalue weighted by molar-refractivity contribution is 0.162. The highest BCUT2D eigenvalue weighted by Crippen LogP contribution is 2.23. The average molecular weight is 280 g/mol. The second kappa shape index (κ2) is 7.18. The Bertz CT molecular complexity index is 352. The van der Waals surface area contributed by atoms with Crippen molar-refractivity contribution in [3.05, 3.63) is 46.5 Å². The van der Waals surface area contributed by atoms with Crippen molar-refractivity contribution in [2.24, 2.45) is 0 Å². The molecule has 1 atom stereocenters. The van der Waals surface area contributed by atoms with Gasteiger partial charge in [-0.3, -0.25) is 0 Å². The van der Waals surface area contributed by atoms with Gasteiger partial charge in [-0.1, -0.05) is 29.3 Å². The number of hydrogen-bond donors (Lipinski definition) is 0. The highest BCUT2D eigenvalue weighted by molar-refractivity contribution is 6.33. The molecule has 0 saturated heterocycles. The highest BCUT2D eigenvalue weighted by atomic mass is 35.5. The molecule has 0 aliphatic rings. The van der Waals surface area contributed by atoms with E-state index < -0.39 is 0 Å². The van der Waals surface area contributed by atoms with Crippen LogP contribution in [0, 0.1) is 0 Å². The minimum Gasteiger partial charge on any atom is -0.376 e. The molecule has 16 heavy (non-hydrogen) atoms. The van der Waals surface area contributed by atoms with Crippen LogP contribution in [-0.2, 0) is 11.2 Å². The first-order valence-corrected chi connectivity index (χ1v) is 6.09. The van der Waals surface area contributed by atoms with Gasteiger partial charge in [-0.2, -0.15) is 0 Å². The number of halogens is 3. The third kappa shape index (κ3) is 4.75. The number of ether oxygens (including phenoxy) is 1. The molecule has 0 heterocycles. The molecular formula is C12H13Cl3O. The molecule has 4 heteroatoms. The molecule has 88 valence electrons. The lowest BCUT2D eigenvalue weighted by Gasteiger charge is -2.11. The van der Waals surface area contributed by atoms with Crippen molar-refractivity contribution in [1.82, 2.24) is 0 Å². The first kappa shape index (κ1) is 13.9. The van der Waals surface area contributed by atoms with Crippen molar-refractivity contribution in [1.29, 1.82) is 0 Å². The summed E-state index contributed by atoms with van der Waals surface area (Å²) >= 11 is 18.0. The largest absolute Gasteiger partial charge is 0.376 e. The molecule has 0 spiro atoms. The standard InChI is InChI=1S/C12H13Cl3O/c1-2-5-16-8-11(14)7-9-6-10(13)3-4-12(9)15/h2-4,6,11H,1,5,7-8H2. The van der Waals surface area contributed by atoms with E-state index in [1.54, 1.807) is 18.2 Å². The van der Waals surface area contributed by atoms with E-state index in [0.717, 1.165) is 5.56 Å². The van der Waals surface area contributed by atoms with Gasteiger partial charge in [-0.25, -0.2) is 0 Å². The van der Waals surface area contributed by atoms with Gasteiger partial charge in [-0.15, -0.1) is 18.2 Å². The van der Waals surface area contributed by atoms with Gasteiger partial charge in [0.25, 0.3) is 0 Å². The molecule has 1 rings (SSSR count). The lowest BCUT2D eigenvalue weighted by atomic mass is 10.1. The second-order valence-electron chi connectivity index (χ2n) is 3.36. The summed E-state index contributed by atoms with van der Waals surface area (Å²) in [5.74, 6) is 0. The summed E-state index contributed by atoms with van der Waals surface area (Å²) in [6.07, 6.45) is 2.33. The minimum atomic E-state index is -0.115. The first-order chi connectivity index (χ1) is 7.63. The maximum Gasteiger partial charge on any atom is 0.0645 e. The molecule has 1 unspecified atom stereocenters. The van der Waals surface area contributed by atoms with Gasteiger partial charge in [0.2, 0.25) is 0 Å². The Balaban J connectivity index is 2.51. The van der Waals surface area contributed by atoms with E-state index in [2.05, 4.69) is 6.58 Å². The van der Waals surface area contributed by atoms with E-state index in [4.69, 9.17) is 39.5 Å². The summed E-state index contributed by atoms with van der Waals surface area (Å²) in [6.45, 7) is 4.54. The Kier molecular flexibility index (Phi) is 6.22. The van der Waals surface area contributed by atoms with Crippen LogP contribution in [0.15, 0.2) is 30.9 Å². The van der Waals surface area contributed by atoms with Crippen LogP contribution in [0.3, 0.4) is 0 Å². The fourth-order valence-electron chi connectivity index (χ4n) is 1.28. The van der Waals surface area contributed by atoms with Crippen LogP contribution in [0.4, 0.5) is 0 Å². The van der Waals surface area contributed by atoms with Gasteiger partial charge in [0.05, 0.1) is 18.6 Å². The Labute approximate surface area is 111 Å². The van der Waals surface area contributed by atoms with Gasteiger partial charge >= 0.3 is 0 Å². The second-order valence-corrected chi connectivity index (χ2v) is 4.82. The van der Waals surface area contributed by atoms with Crippen LogP contribution in [-0.4, -0.2) is 18.6 Å². The molecule has 1 aromatic carbocycles. The summed E-state index contributed by atoms with van der Waals surface area (Å²) in [5.41, 5.74) is 0.941. The third-order valence-corrected chi connectivity index (χ3v) is 2.87. The highest BCUT2D eigenvalue weighted by Gasteiger charge is 2.09. The normalized spacial score (nSPS) is 12.4. The SMILES string of the molecule is C=CCOCC(Cl)Cc1cc(Cl)ccc1Cl. The minimum absolute atomic E-state index is 0.115. The lowest BCUT2D eigenvalue weighted by Crippen LogP contribution is -2.12. The summed E-state index contributed by atoms with van der Waals surface area (Å²) in [5, 5.41) is 1.23. The van der Waals surface area contributed by atoms with Gasteiger partial charge in [0.15, 0.2) is 0 Å². The van der Waals surface area contributed by atoms with Crippen LogP contribution in [0.1, 0.15) is 5.56 Å². The Morgan fingerprint density at radius 2 is 2.12 bits per heavy atom. The van der Waals surface area contributed by atoms with Crippen molar-refractivity contribution >= 4 is 34.8 Å². The number of rotatable bonds is 6. The van der Waals surface area contributed by atoms with E-state index >= 15 is 0 Å². The van der Waals surface area contributed by atoms with Crippen LogP contribution in [0.2, 0.25) is 10.0 Å². The molecule has 0 radical (unpaired) electrons. The smallest absolute Gasteiger partial charge is 0.0645 e. The van der Waals surface area contributed by atoms with E-state index in [1.807, 2.05) is 6.07 Å². The van der Waals surface area contributed by atoms with E-state index in [1.165, 1.54) is 0 Å². The number of benzene rings is 1. The Hall–Kier alpha value is -0.210. The molecule has 0 bridgehead atoms. The summed E-state index contributed by atoms with van der Waals surface area (Å²) in [7, 11) is 0. The van der Waals surface area contributed by atoms with E-state index in [0.29, 0.717) is 29.7 Å². The average Bonchev–Trinajstić information content (AvgIpc) is 2.24. The van der Waals surface area contributed by atoms with Crippen LogP contribution >= 0.6 is 34.8 Å². The van der Waals surface area contributed by atoms with Crippen molar-refractivity contribution in [3.8, 4) is 0 Å². The molecule has 1 nitrogen and oxygen atoms in total. The first-order valence-electron chi connectivity index (χ1n) is 4.90. The molecule has 0 aliphatic heterocycles. The molecular weight excluding hydrogens is 266 g/mol. The maximum atomic E-state index is 6.11. The zero-order chi connectivity index (χ0) is 12.0. The Morgan fingerprint density at radius 3 is 2.81 bits per heavy atom.